The second-order valence-corrected chi connectivity index (χ2v) is 5.58. The van der Waals surface area contributed by atoms with Crippen LogP contribution in [0.4, 0.5) is 0 Å². The molecule has 1 aromatic rings. The topological polar surface area (TPSA) is 49.3 Å². The molecule has 3 nitrogen and oxygen atoms in total. The zero-order valence-electron chi connectivity index (χ0n) is 13.2. The first-order valence-electron chi connectivity index (χ1n) is 8.23. The molecule has 1 rings (SSSR count). The van der Waals surface area contributed by atoms with E-state index in [9.17, 15) is 9.90 Å². The van der Waals surface area contributed by atoms with Crippen molar-refractivity contribution in [3.05, 3.63) is 35.9 Å². The SMILES string of the molecule is CCCCCCCCCC(=O)NC(CO)c1ccccc1. The first kappa shape index (κ1) is 17.7. The number of hydrogen-bond acceptors (Lipinski definition) is 2. The third-order valence-corrected chi connectivity index (χ3v) is 3.73. The Hall–Kier alpha value is -1.35. The second-order valence-electron chi connectivity index (χ2n) is 5.58. The maximum atomic E-state index is 11.9. The van der Waals surface area contributed by atoms with Gasteiger partial charge < -0.3 is 10.4 Å². The van der Waals surface area contributed by atoms with Crippen LogP contribution in [0.15, 0.2) is 30.3 Å². The summed E-state index contributed by atoms with van der Waals surface area (Å²) in [5, 5.41) is 12.3. The Bertz CT molecular complexity index is 378. The number of carbonyl (C=O) groups is 1. The number of aliphatic hydroxyl groups is 1. The summed E-state index contributed by atoms with van der Waals surface area (Å²) >= 11 is 0. The predicted octanol–water partition coefficient (Wildman–Crippen LogP) is 3.98. The van der Waals surface area contributed by atoms with Gasteiger partial charge in [-0.05, 0) is 12.0 Å². The summed E-state index contributed by atoms with van der Waals surface area (Å²) in [4.78, 5) is 11.9. The van der Waals surface area contributed by atoms with Gasteiger partial charge in [0.2, 0.25) is 5.91 Å². The molecule has 21 heavy (non-hydrogen) atoms. The number of carbonyl (C=O) groups excluding carboxylic acids is 1. The molecule has 1 aromatic carbocycles. The van der Waals surface area contributed by atoms with E-state index in [1.54, 1.807) is 0 Å². The third-order valence-electron chi connectivity index (χ3n) is 3.73. The van der Waals surface area contributed by atoms with E-state index >= 15 is 0 Å². The molecule has 1 amide bonds. The Morgan fingerprint density at radius 3 is 2.29 bits per heavy atom. The number of hydrogen-bond donors (Lipinski definition) is 2. The number of unbranched alkanes of at least 4 members (excludes halogenated alkanes) is 6. The van der Waals surface area contributed by atoms with Crippen molar-refractivity contribution < 1.29 is 9.90 Å². The van der Waals surface area contributed by atoms with Crippen LogP contribution in [0.5, 0.6) is 0 Å². The highest BCUT2D eigenvalue weighted by Gasteiger charge is 2.12. The van der Waals surface area contributed by atoms with Gasteiger partial charge in [0.1, 0.15) is 0 Å². The lowest BCUT2D eigenvalue weighted by atomic mass is 10.1. The Labute approximate surface area is 128 Å². The van der Waals surface area contributed by atoms with Crippen LogP contribution in [0.3, 0.4) is 0 Å². The molecule has 0 aliphatic carbocycles. The van der Waals surface area contributed by atoms with Crippen LogP contribution in [-0.4, -0.2) is 17.6 Å². The Kier molecular flexibility index (Phi) is 9.55. The van der Waals surface area contributed by atoms with E-state index in [0.717, 1.165) is 18.4 Å². The summed E-state index contributed by atoms with van der Waals surface area (Å²) in [6, 6.07) is 9.33. The van der Waals surface area contributed by atoms with Crippen molar-refractivity contribution in [2.45, 2.75) is 64.3 Å². The van der Waals surface area contributed by atoms with E-state index in [1.807, 2.05) is 30.3 Å². The average Bonchev–Trinajstić information content (AvgIpc) is 2.52. The molecule has 1 atom stereocenters. The minimum Gasteiger partial charge on any atom is -0.394 e. The zero-order valence-corrected chi connectivity index (χ0v) is 13.2. The van der Waals surface area contributed by atoms with Gasteiger partial charge in [-0.2, -0.15) is 0 Å². The monoisotopic (exact) mass is 291 g/mol. The third kappa shape index (κ3) is 7.86. The van der Waals surface area contributed by atoms with Crippen LogP contribution in [0, 0.1) is 0 Å². The number of aliphatic hydroxyl groups excluding tert-OH is 1. The largest absolute Gasteiger partial charge is 0.394 e. The highest BCUT2D eigenvalue weighted by Crippen LogP contribution is 2.13. The van der Waals surface area contributed by atoms with E-state index in [4.69, 9.17) is 0 Å². The zero-order chi connectivity index (χ0) is 15.3. The first-order valence-corrected chi connectivity index (χ1v) is 8.23. The number of rotatable bonds is 11. The standard InChI is InChI=1S/C18H29NO2/c1-2-3-4-5-6-7-11-14-18(21)19-17(15-20)16-12-9-8-10-13-16/h8-10,12-13,17,20H,2-7,11,14-15H2,1H3,(H,19,21). The summed E-state index contributed by atoms with van der Waals surface area (Å²) in [5.74, 6) is 0.0338. The Balaban J connectivity index is 2.17. The van der Waals surface area contributed by atoms with Crippen molar-refractivity contribution in [2.75, 3.05) is 6.61 Å². The molecule has 2 N–H and O–H groups in total. The van der Waals surface area contributed by atoms with Crippen LogP contribution in [-0.2, 0) is 4.79 Å². The molecular formula is C18H29NO2. The van der Waals surface area contributed by atoms with Crippen LogP contribution < -0.4 is 5.32 Å². The van der Waals surface area contributed by atoms with Crippen molar-refractivity contribution in [3.8, 4) is 0 Å². The molecule has 0 radical (unpaired) electrons. The van der Waals surface area contributed by atoms with Crippen molar-refractivity contribution in [3.63, 3.8) is 0 Å². The molecular weight excluding hydrogens is 262 g/mol. The highest BCUT2D eigenvalue weighted by atomic mass is 16.3. The molecule has 3 heteroatoms. The molecule has 1 unspecified atom stereocenters. The summed E-state index contributed by atoms with van der Waals surface area (Å²) in [6.45, 7) is 2.15. The highest BCUT2D eigenvalue weighted by molar-refractivity contribution is 5.76. The van der Waals surface area contributed by atoms with Gasteiger partial charge in [-0.15, -0.1) is 0 Å². The molecule has 118 valence electrons. The van der Waals surface area contributed by atoms with Gasteiger partial charge in [0.25, 0.3) is 0 Å². The summed E-state index contributed by atoms with van der Waals surface area (Å²) in [7, 11) is 0. The molecule has 0 aromatic heterocycles. The fourth-order valence-corrected chi connectivity index (χ4v) is 2.43. The molecule has 0 aliphatic heterocycles. The molecule has 0 saturated heterocycles. The van der Waals surface area contributed by atoms with Crippen molar-refractivity contribution in [1.29, 1.82) is 0 Å². The normalized spacial score (nSPS) is 12.1. The van der Waals surface area contributed by atoms with Gasteiger partial charge in [-0.25, -0.2) is 0 Å². The van der Waals surface area contributed by atoms with Crippen LogP contribution >= 0.6 is 0 Å². The van der Waals surface area contributed by atoms with Gasteiger partial charge >= 0.3 is 0 Å². The van der Waals surface area contributed by atoms with Crippen LogP contribution in [0.25, 0.3) is 0 Å². The molecule has 0 bridgehead atoms. The van der Waals surface area contributed by atoms with Gasteiger partial charge in [-0.3, -0.25) is 4.79 Å². The van der Waals surface area contributed by atoms with E-state index < -0.39 is 0 Å². The number of nitrogens with one attached hydrogen (secondary N) is 1. The van der Waals surface area contributed by atoms with Crippen molar-refractivity contribution in [1.82, 2.24) is 5.32 Å². The summed E-state index contributed by atoms with van der Waals surface area (Å²) < 4.78 is 0. The minimum atomic E-state index is -0.289. The summed E-state index contributed by atoms with van der Waals surface area (Å²) in [5.41, 5.74) is 0.952. The van der Waals surface area contributed by atoms with E-state index in [0.29, 0.717) is 6.42 Å². The molecule has 0 heterocycles. The Morgan fingerprint density at radius 2 is 1.67 bits per heavy atom. The van der Waals surface area contributed by atoms with Crippen molar-refractivity contribution in [2.24, 2.45) is 0 Å². The van der Waals surface area contributed by atoms with E-state index in [-0.39, 0.29) is 18.6 Å². The van der Waals surface area contributed by atoms with Crippen molar-refractivity contribution >= 4 is 5.91 Å². The van der Waals surface area contributed by atoms with Crippen LogP contribution in [0.1, 0.15) is 69.9 Å². The fraction of sp³-hybridized carbons (Fsp3) is 0.611. The van der Waals surface area contributed by atoms with Gasteiger partial charge in [0.15, 0.2) is 0 Å². The van der Waals surface area contributed by atoms with Gasteiger partial charge in [0, 0.05) is 6.42 Å². The maximum Gasteiger partial charge on any atom is 0.220 e. The van der Waals surface area contributed by atoms with E-state index in [1.165, 1.54) is 32.1 Å². The van der Waals surface area contributed by atoms with Gasteiger partial charge in [0.05, 0.1) is 12.6 Å². The second kappa shape index (κ2) is 11.3. The fourth-order valence-electron chi connectivity index (χ4n) is 2.43. The lowest BCUT2D eigenvalue weighted by Gasteiger charge is -2.16. The molecule has 0 saturated carbocycles. The first-order chi connectivity index (χ1) is 10.3. The number of benzene rings is 1. The molecule has 0 fully saturated rings. The summed E-state index contributed by atoms with van der Waals surface area (Å²) in [6.07, 6.45) is 8.99. The number of amides is 1. The molecule has 0 aliphatic rings. The predicted molar refractivity (Wildman–Crippen MR) is 87.0 cm³/mol. The quantitative estimate of drug-likeness (QED) is 0.606. The molecule has 0 spiro atoms. The maximum absolute atomic E-state index is 11.9. The smallest absolute Gasteiger partial charge is 0.220 e. The van der Waals surface area contributed by atoms with Crippen LogP contribution in [0.2, 0.25) is 0 Å². The van der Waals surface area contributed by atoms with Gasteiger partial charge in [-0.1, -0.05) is 75.8 Å². The Morgan fingerprint density at radius 1 is 1.05 bits per heavy atom. The van der Waals surface area contributed by atoms with E-state index in [2.05, 4.69) is 12.2 Å². The average molecular weight is 291 g/mol. The minimum absolute atomic E-state index is 0.0338. The lowest BCUT2D eigenvalue weighted by Crippen LogP contribution is -2.30. The lowest BCUT2D eigenvalue weighted by molar-refractivity contribution is -0.122.